The van der Waals surface area contributed by atoms with Crippen molar-refractivity contribution >= 4 is 0 Å². The summed E-state index contributed by atoms with van der Waals surface area (Å²) in [6, 6.07) is 0.629. The van der Waals surface area contributed by atoms with Gasteiger partial charge in [-0.2, -0.15) is 0 Å². The van der Waals surface area contributed by atoms with Crippen LogP contribution in [0.15, 0.2) is 0 Å². The van der Waals surface area contributed by atoms with Gasteiger partial charge in [0.1, 0.15) is 0 Å². The Morgan fingerprint density at radius 1 is 1.37 bits per heavy atom. The van der Waals surface area contributed by atoms with E-state index in [0.29, 0.717) is 18.1 Å². The Morgan fingerprint density at radius 3 is 2.74 bits per heavy atom. The van der Waals surface area contributed by atoms with Gasteiger partial charge in [-0.25, -0.2) is 0 Å². The Balaban J connectivity index is 1.97. The van der Waals surface area contributed by atoms with Gasteiger partial charge < -0.3 is 15.0 Å². The fourth-order valence-electron chi connectivity index (χ4n) is 3.29. The molecule has 2 aliphatic heterocycles. The first-order valence-corrected chi connectivity index (χ1v) is 7.66. The summed E-state index contributed by atoms with van der Waals surface area (Å²) in [6.07, 6.45) is 0.369. The average Bonchev–Trinajstić information content (AvgIpc) is 2.27. The molecule has 0 aromatic heterocycles. The summed E-state index contributed by atoms with van der Waals surface area (Å²) >= 11 is 0. The van der Waals surface area contributed by atoms with Crippen molar-refractivity contribution in [1.82, 2.24) is 15.1 Å². The van der Waals surface area contributed by atoms with E-state index in [9.17, 15) is 0 Å². The molecule has 0 radical (unpaired) electrons. The third kappa shape index (κ3) is 4.15. The Kier molecular flexibility index (Phi) is 4.88. The zero-order valence-corrected chi connectivity index (χ0v) is 13.3. The molecule has 2 atom stereocenters. The van der Waals surface area contributed by atoms with Crippen LogP contribution < -0.4 is 5.32 Å². The molecule has 2 saturated heterocycles. The highest BCUT2D eigenvalue weighted by Crippen LogP contribution is 2.21. The summed E-state index contributed by atoms with van der Waals surface area (Å²) in [5.41, 5.74) is 0.214. The predicted octanol–water partition coefficient (Wildman–Crippen LogP) is 1.03. The van der Waals surface area contributed by atoms with Crippen molar-refractivity contribution in [3.63, 3.8) is 0 Å². The number of nitrogens with zero attached hydrogens (tertiary/aromatic N) is 2. The van der Waals surface area contributed by atoms with E-state index in [4.69, 9.17) is 4.74 Å². The van der Waals surface area contributed by atoms with Crippen LogP contribution in [-0.2, 0) is 4.74 Å². The van der Waals surface area contributed by atoms with Gasteiger partial charge in [0, 0.05) is 44.3 Å². The number of ether oxygens (including phenoxy) is 1. The van der Waals surface area contributed by atoms with E-state index < -0.39 is 0 Å². The van der Waals surface area contributed by atoms with Gasteiger partial charge in [0.25, 0.3) is 0 Å². The molecule has 19 heavy (non-hydrogen) atoms. The van der Waals surface area contributed by atoms with Gasteiger partial charge in [-0.15, -0.1) is 0 Å². The fourth-order valence-corrected chi connectivity index (χ4v) is 3.29. The quantitative estimate of drug-likeness (QED) is 0.828. The largest absolute Gasteiger partial charge is 0.374 e. The Morgan fingerprint density at radius 2 is 2.11 bits per heavy atom. The normalized spacial score (nSPS) is 33.8. The Hall–Kier alpha value is -0.160. The maximum Gasteiger partial charge on any atom is 0.0829 e. The zero-order valence-electron chi connectivity index (χ0n) is 13.3. The van der Waals surface area contributed by atoms with E-state index in [1.807, 2.05) is 0 Å². The molecule has 2 aliphatic rings. The first-order chi connectivity index (χ1) is 8.87. The number of hydrogen-bond acceptors (Lipinski definition) is 4. The molecule has 2 unspecified atom stereocenters. The molecule has 2 fully saturated rings. The lowest BCUT2D eigenvalue weighted by Crippen LogP contribution is -2.64. The highest BCUT2D eigenvalue weighted by Gasteiger charge is 2.35. The molecule has 0 aliphatic carbocycles. The molecule has 2 rings (SSSR count). The van der Waals surface area contributed by atoms with Gasteiger partial charge >= 0.3 is 0 Å². The maximum absolute atomic E-state index is 5.94. The van der Waals surface area contributed by atoms with E-state index in [0.717, 1.165) is 39.3 Å². The second-order valence-corrected chi connectivity index (χ2v) is 7.26. The number of morpholine rings is 1. The minimum absolute atomic E-state index is 0.214. The van der Waals surface area contributed by atoms with Crippen LogP contribution in [0.25, 0.3) is 0 Å². The smallest absolute Gasteiger partial charge is 0.0829 e. The van der Waals surface area contributed by atoms with Crippen LogP contribution in [-0.4, -0.2) is 73.9 Å². The van der Waals surface area contributed by atoms with Gasteiger partial charge in [0.15, 0.2) is 0 Å². The van der Waals surface area contributed by atoms with E-state index >= 15 is 0 Å². The van der Waals surface area contributed by atoms with Crippen LogP contribution in [0, 0.1) is 5.92 Å². The van der Waals surface area contributed by atoms with E-state index in [-0.39, 0.29) is 5.54 Å². The minimum Gasteiger partial charge on any atom is -0.374 e. The number of hydrogen-bond donors (Lipinski definition) is 1. The highest BCUT2D eigenvalue weighted by atomic mass is 16.5. The van der Waals surface area contributed by atoms with Crippen molar-refractivity contribution < 1.29 is 4.74 Å². The van der Waals surface area contributed by atoms with E-state index in [2.05, 4.69) is 49.9 Å². The topological polar surface area (TPSA) is 27.7 Å². The number of rotatable bonds is 3. The van der Waals surface area contributed by atoms with Crippen LogP contribution in [0.3, 0.4) is 0 Å². The van der Waals surface area contributed by atoms with Crippen molar-refractivity contribution in [1.29, 1.82) is 0 Å². The minimum atomic E-state index is 0.214. The lowest BCUT2D eigenvalue weighted by atomic mass is 9.92. The van der Waals surface area contributed by atoms with Crippen molar-refractivity contribution in [2.75, 3.05) is 46.4 Å². The number of piperazine rings is 1. The maximum atomic E-state index is 5.94. The van der Waals surface area contributed by atoms with Gasteiger partial charge in [0.05, 0.1) is 12.7 Å². The van der Waals surface area contributed by atoms with E-state index in [1.165, 1.54) is 0 Å². The SMILES string of the molecule is CC(C)C1CNC(C)(C)CN1CC1CN(C)CCO1. The fraction of sp³-hybridized carbons (Fsp3) is 1.00. The second kappa shape index (κ2) is 6.08. The summed E-state index contributed by atoms with van der Waals surface area (Å²) in [5, 5.41) is 3.67. The van der Waals surface area contributed by atoms with Crippen molar-refractivity contribution in [3.05, 3.63) is 0 Å². The Bertz CT molecular complexity index is 293. The van der Waals surface area contributed by atoms with Crippen LogP contribution in [0.5, 0.6) is 0 Å². The molecule has 0 aromatic rings. The molecule has 2 heterocycles. The van der Waals surface area contributed by atoms with Crippen molar-refractivity contribution in [3.8, 4) is 0 Å². The monoisotopic (exact) mass is 269 g/mol. The summed E-state index contributed by atoms with van der Waals surface area (Å²) in [5.74, 6) is 0.685. The standard InChI is InChI=1S/C15H31N3O/c1-12(2)14-8-16-15(3,4)11-18(14)10-13-9-17(5)6-7-19-13/h12-14,16H,6-11H2,1-5H3. The molecule has 4 heteroatoms. The van der Waals surface area contributed by atoms with Crippen LogP contribution in [0.2, 0.25) is 0 Å². The molecular formula is C15H31N3O. The molecule has 0 aromatic carbocycles. The molecule has 1 N–H and O–H groups in total. The summed E-state index contributed by atoms with van der Waals surface area (Å²) in [6.45, 7) is 15.5. The Labute approximate surface area is 118 Å². The van der Waals surface area contributed by atoms with Gasteiger partial charge in [-0.3, -0.25) is 4.90 Å². The molecule has 0 spiro atoms. The van der Waals surface area contributed by atoms with Crippen LogP contribution in [0.1, 0.15) is 27.7 Å². The second-order valence-electron chi connectivity index (χ2n) is 7.26. The first kappa shape index (κ1) is 15.2. The number of likely N-dealkylation sites (N-methyl/N-ethyl adjacent to an activating group) is 1. The van der Waals surface area contributed by atoms with Gasteiger partial charge in [0.2, 0.25) is 0 Å². The van der Waals surface area contributed by atoms with Crippen LogP contribution >= 0.6 is 0 Å². The lowest BCUT2D eigenvalue weighted by molar-refractivity contribution is -0.0545. The third-order valence-electron chi connectivity index (χ3n) is 4.41. The van der Waals surface area contributed by atoms with Crippen molar-refractivity contribution in [2.24, 2.45) is 5.92 Å². The van der Waals surface area contributed by atoms with Crippen molar-refractivity contribution in [2.45, 2.75) is 45.4 Å². The third-order valence-corrected chi connectivity index (χ3v) is 4.41. The van der Waals surface area contributed by atoms with Gasteiger partial charge in [-0.1, -0.05) is 13.8 Å². The molecule has 4 nitrogen and oxygen atoms in total. The highest BCUT2D eigenvalue weighted by molar-refractivity contribution is 4.94. The predicted molar refractivity (Wildman–Crippen MR) is 79.5 cm³/mol. The summed E-state index contributed by atoms with van der Waals surface area (Å²) < 4.78 is 5.94. The molecule has 0 amide bonds. The van der Waals surface area contributed by atoms with Crippen LogP contribution in [0.4, 0.5) is 0 Å². The molecular weight excluding hydrogens is 238 g/mol. The van der Waals surface area contributed by atoms with E-state index in [1.54, 1.807) is 0 Å². The first-order valence-electron chi connectivity index (χ1n) is 7.66. The zero-order chi connectivity index (χ0) is 14.0. The molecule has 0 bridgehead atoms. The number of nitrogens with one attached hydrogen (secondary N) is 1. The summed E-state index contributed by atoms with van der Waals surface area (Å²) in [4.78, 5) is 5.02. The lowest BCUT2D eigenvalue weighted by Gasteiger charge is -2.48. The molecule has 0 saturated carbocycles. The average molecular weight is 269 g/mol. The summed E-state index contributed by atoms with van der Waals surface area (Å²) in [7, 11) is 2.19. The molecule has 112 valence electrons. The van der Waals surface area contributed by atoms with Gasteiger partial charge in [-0.05, 0) is 26.8 Å².